The lowest BCUT2D eigenvalue weighted by molar-refractivity contribution is -0.149. The van der Waals surface area contributed by atoms with E-state index in [1.54, 1.807) is 6.92 Å². The highest BCUT2D eigenvalue weighted by atomic mass is 16.5. The van der Waals surface area contributed by atoms with Crippen LogP contribution in [0.5, 0.6) is 0 Å². The zero-order valence-electron chi connectivity index (χ0n) is 17.7. The molecule has 1 aliphatic rings. The van der Waals surface area contributed by atoms with E-state index >= 15 is 0 Å². The molecule has 0 bridgehead atoms. The Labute approximate surface area is 181 Å². The molecule has 0 amide bonds. The van der Waals surface area contributed by atoms with Gasteiger partial charge in [-0.05, 0) is 31.7 Å². The van der Waals surface area contributed by atoms with Gasteiger partial charge in [0.15, 0.2) is 11.7 Å². The first kappa shape index (κ1) is 20.8. The van der Waals surface area contributed by atoms with Crippen molar-refractivity contribution < 1.29 is 9.53 Å². The Hall–Kier alpha value is -3.50. The molecule has 4 rings (SSSR count). The van der Waals surface area contributed by atoms with E-state index in [4.69, 9.17) is 14.7 Å². The van der Waals surface area contributed by atoms with Crippen LogP contribution in [0.2, 0.25) is 0 Å². The van der Waals surface area contributed by atoms with Gasteiger partial charge in [0.05, 0.1) is 17.1 Å². The minimum Gasteiger partial charge on any atom is -0.457 e. The molecule has 2 heterocycles. The second-order valence-electron chi connectivity index (χ2n) is 7.76. The van der Waals surface area contributed by atoms with E-state index in [2.05, 4.69) is 22.9 Å². The number of benzene rings is 2. The molecule has 3 aromatic rings. The maximum atomic E-state index is 13.0. The van der Waals surface area contributed by atoms with Crippen molar-refractivity contribution >= 4 is 22.8 Å². The second-order valence-corrected chi connectivity index (χ2v) is 7.76. The third-order valence-electron chi connectivity index (χ3n) is 5.58. The number of para-hydroxylation sites is 2. The number of ether oxygens (including phenoxy) is 1. The van der Waals surface area contributed by atoms with Crippen LogP contribution in [0.1, 0.15) is 30.2 Å². The molecule has 1 fully saturated rings. The standard InChI is InChI=1S/C24H25N5O2/c1-17(18-8-4-3-5-9-18)31-24(30)19(16-25)22-23(29-14-12-28(2)13-15-29)27-21-11-7-6-10-20(21)26-22/h3-11,17,19H,12-15H2,1-2H3. The van der Waals surface area contributed by atoms with Crippen molar-refractivity contribution in [3.63, 3.8) is 0 Å². The van der Waals surface area contributed by atoms with Crippen molar-refractivity contribution in [1.29, 1.82) is 5.26 Å². The smallest absolute Gasteiger partial charge is 0.330 e. The number of anilines is 1. The van der Waals surface area contributed by atoms with Crippen LogP contribution in [0.25, 0.3) is 11.0 Å². The number of aromatic nitrogens is 2. The molecule has 158 valence electrons. The van der Waals surface area contributed by atoms with Gasteiger partial charge in [0.2, 0.25) is 0 Å². The third kappa shape index (κ3) is 4.49. The number of hydrogen-bond acceptors (Lipinski definition) is 7. The van der Waals surface area contributed by atoms with Crippen LogP contribution >= 0.6 is 0 Å². The molecule has 1 saturated heterocycles. The second kappa shape index (κ2) is 9.11. The summed E-state index contributed by atoms with van der Waals surface area (Å²) >= 11 is 0. The highest BCUT2D eigenvalue weighted by Crippen LogP contribution is 2.30. The molecule has 0 spiro atoms. The Kier molecular flexibility index (Phi) is 6.10. The molecular formula is C24H25N5O2. The Balaban J connectivity index is 1.69. The van der Waals surface area contributed by atoms with Gasteiger partial charge in [-0.25, -0.2) is 9.97 Å². The van der Waals surface area contributed by atoms with Crippen molar-refractivity contribution in [1.82, 2.24) is 14.9 Å². The SMILES string of the molecule is CC(OC(=O)C(C#N)c1nc2ccccc2nc1N1CCN(C)CC1)c1ccccc1. The molecule has 2 aromatic carbocycles. The molecule has 2 unspecified atom stereocenters. The zero-order valence-corrected chi connectivity index (χ0v) is 17.7. The molecule has 1 aliphatic heterocycles. The van der Waals surface area contributed by atoms with Crippen LogP contribution in [0, 0.1) is 11.3 Å². The Morgan fingerprint density at radius 1 is 1.00 bits per heavy atom. The molecule has 0 N–H and O–H groups in total. The van der Waals surface area contributed by atoms with Crippen molar-refractivity contribution in [2.45, 2.75) is 18.9 Å². The Bertz CT molecular complexity index is 1100. The van der Waals surface area contributed by atoms with Crippen LogP contribution in [-0.2, 0) is 9.53 Å². The summed E-state index contributed by atoms with van der Waals surface area (Å²) in [4.78, 5) is 26.9. The van der Waals surface area contributed by atoms with E-state index in [1.807, 2.05) is 54.6 Å². The maximum absolute atomic E-state index is 13.0. The molecule has 7 nitrogen and oxygen atoms in total. The lowest BCUT2D eigenvalue weighted by Crippen LogP contribution is -2.45. The van der Waals surface area contributed by atoms with Crippen LogP contribution in [-0.4, -0.2) is 54.1 Å². The van der Waals surface area contributed by atoms with Gasteiger partial charge in [0, 0.05) is 26.2 Å². The Morgan fingerprint density at radius 2 is 1.61 bits per heavy atom. The van der Waals surface area contributed by atoms with Gasteiger partial charge in [-0.3, -0.25) is 4.79 Å². The van der Waals surface area contributed by atoms with E-state index in [-0.39, 0.29) is 0 Å². The van der Waals surface area contributed by atoms with Gasteiger partial charge in [-0.15, -0.1) is 0 Å². The summed E-state index contributed by atoms with van der Waals surface area (Å²) < 4.78 is 5.66. The van der Waals surface area contributed by atoms with E-state index < -0.39 is 18.0 Å². The molecule has 7 heteroatoms. The zero-order chi connectivity index (χ0) is 21.8. The van der Waals surface area contributed by atoms with Crippen molar-refractivity contribution in [3.8, 4) is 6.07 Å². The first-order valence-electron chi connectivity index (χ1n) is 10.4. The number of fused-ring (bicyclic) bond motifs is 1. The highest BCUT2D eigenvalue weighted by Gasteiger charge is 2.32. The third-order valence-corrected chi connectivity index (χ3v) is 5.58. The monoisotopic (exact) mass is 415 g/mol. The summed E-state index contributed by atoms with van der Waals surface area (Å²) in [6.45, 7) is 5.06. The molecule has 0 aliphatic carbocycles. The molecular weight excluding hydrogens is 390 g/mol. The van der Waals surface area contributed by atoms with Gasteiger partial charge >= 0.3 is 5.97 Å². The summed E-state index contributed by atoms with van der Waals surface area (Å²) in [5.41, 5.74) is 2.62. The quantitative estimate of drug-likeness (QED) is 0.591. The number of likely N-dealkylation sites (N-methyl/N-ethyl adjacent to an activating group) is 1. The fourth-order valence-corrected chi connectivity index (χ4v) is 3.71. The number of piperazine rings is 1. The minimum atomic E-state index is -1.15. The molecule has 1 aromatic heterocycles. The van der Waals surface area contributed by atoms with Gasteiger partial charge in [-0.2, -0.15) is 5.26 Å². The first-order valence-corrected chi connectivity index (χ1v) is 10.4. The minimum absolute atomic E-state index is 0.357. The van der Waals surface area contributed by atoms with Gasteiger partial charge < -0.3 is 14.5 Å². The predicted octanol–water partition coefficient (Wildman–Crippen LogP) is 3.29. The largest absolute Gasteiger partial charge is 0.457 e. The highest BCUT2D eigenvalue weighted by molar-refractivity contribution is 5.85. The van der Waals surface area contributed by atoms with E-state index in [0.717, 1.165) is 37.3 Å². The predicted molar refractivity (Wildman–Crippen MR) is 119 cm³/mol. The van der Waals surface area contributed by atoms with E-state index in [9.17, 15) is 10.1 Å². The Morgan fingerprint density at radius 3 is 2.26 bits per heavy atom. The number of nitrogens with zero attached hydrogens (tertiary/aromatic N) is 5. The van der Waals surface area contributed by atoms with Crippen LogP contribution in [0.3, 0.4) is 0 Å². The summed E-state index contributed by atoms with van der Waals surface area (Å²) in [6, 6.07) is 19.1. The maximum Gasteiger partial charge on any atom is 0.330 e. The molecule has 0 saturated carbocycles. The topological polar surface area (TPSA) is 82.3 Å². The number of hydrogen-bond donors (Lipinski definition) is 0. The number of carbonyl (C=O) groups excluding carboxylic acids is 1. The van der Waals surface area contributed by atoms with Gasteiger partial charge in [-0.1, -0.05) is 42.5 Å². The summed E-state index contributed by atoms with van der Waals surface area (Å²) in [7, 11) is 2.07. The summed E-state index contributed by atoms with van der Waals surface area (Å²) in [5.74, 6) is -1.18. The average Bonchev–Trinajstić information content (AvgIpc) is 2.80. The van der Waals surface area contributed by atoms with E-state index in [0.29, 0.717) is 17.0 Å². The lowest BCUT2D eigenvalue weighted by atomic mass is 10.1. The van der Waals surface area contributed by atoms with Crippen LogP contribution in [0.15, 0.2) is 54.6 Å². The summed E-state index contributed by atoms with van der Waals surface area (Å²) in [6.07, 6.45) is -0.468. The van der Waals surface area contributed by atoms with Gasteiger partial charge in [0.25, 0.3) is 0 Å². The number of esters is 1. The lowest BCUT2D eigenvalue weighted by Gasteiger charge is -2.34. The van der Waals surface area contributed by atoms with Crippen molar-refractivity contribution in [2.24, 2.45) is 0 Å². The number of carbonyl (C=O) groups is 1. The normalized spacial score (nSPS) is 16.5. The first-order chi connectivity index (χ1) is 15.1. The average molecular weight is 415 g/mol. The summed E-state index contributed by atoms with van der Waals surface area (Å²) in [5, 5.41) is 9.92. The number of nitriles is 1. The van der Waals surface area contributed by atoms with Crippen LogP contribution < -0.4 is 4.90 Å². The van der Waals surface area contributed by atoms with E-state index in [1.165, 1.54) is 0 Å². The van der Waals surface area contributed by atoms with Gasteiger partial charge in [0.1, 0.15) is 11.8 Å². The van der Waals surface area contributed by atoms with Crippen molar-refractivity contribution in [2.75, 3.05) is 38.1 Å². The molecule has 31 heavy (non-hydrogen) atoms. The fraction of sp³-hybridized carbons (Fsp3) is 0.333. The molecule has 2 atom stereocenters. The molecule has 0 radical (unpaired) electrons. The van der Waals surface area contributed by atoms with Crippen LogP contribution in [0.4, 0.5) is 5.82 Å². The van der Waals surface area contributed by atoms with Crippen molar-refractivity contribution in [3.05, 3.63) is 65.9 Å². The fourth-order valence-electron chi connectivity index (χ4n) is 3.71. The number of rotatable bonds is 5.